The van der Waals surface area contributed by atoms with Crippen LogP contribution in [0.4, 0.5) is 0 Å². The predicted molar refractivity (Wildman–Crippen MR) is 88.5 cm³/mol. The van der Waals surface area contributed by atoms with Gasteiger partial charge in [0.05, 0.1) is 7.11 Å². The Balaban J connectivity index is 1.90. The van der Waals surface area contributed by atoms with E-state index in [9.17, 15) is 4.79 Å². The minimum atomic E-state index is -0.334. The smallest absolute Gasteiger partial charge is 0.336 e. The van der Waals surface area contributed by atoms with E-state index in [4.69, 9.17) is 9.15 Å². The monoisotopic (exact) mass is 315 g/mol. The van der Waals surface area contributed by atoms with Gasteiger partial charge in [0, 0.05) is 30.6 Å². The summed E-state index contributed by atoms with van der Waals surface area (Å²) in [6.07, 6.45) is 0. The summed E-state index contributed by atoms with van der Waals surface area (Å²) >= 11 is 1.69. The Morgan fingerprint density at radius 3 is 2.82 bits per heavy atom. The zero-order valence-electron chi connectivity index (χ0n) is 12.5. The quantitative estimate of drug-likeness (QED) is 0.676. The molecule has 22 heavy (non-hydrogen) atoms. The Bertz CT molecular complexity index is 824. The Hall–Kier alpha value is -2.11. The fourth-order valence-electron chi connectivity index (χ4n) is 2.51. The van der Waals surface area contributed by atoms with Crippen LogP contribution in [-0.4, -0.2) is 19.1 Å². The van der Waals surface area contributed by atoms with E-state index < -0.39 is 0 Å². The van der Waals surface area contributed by atoms with Crippen LogP contribution in [0, 0.1) is 0 Å². The molecular formula is C17H17NO3S. The highest BCUT2D eigenvalue weighted by atomic mass is 32.1. The van der Waals surface area contributed by atoms with Gasteiger partial charge in [0.2, 0.25) is 0 Å². The Kier molecular flexibility index (Phi) is 4.27. The Morgan fingerprint density at radius 2 is 2.09 bits per heavy atom. The molecule has 3 rings (SSSR count). The second-order valence-corrected chi connectivity index (χ2v) is 6.04. The van der Waals surface area contributed by atoms with E-state index in [1.54, 1.807) is 30.6 Å². The molecule has 0 radical (unpaired) electrons. The lowest BCUT2D eigenvalue weighted by Crippen LogP contribution is -2.18. The van der Waals surface area contributed by atoms with Crippen molar-refractivity contribution in [2.75, 3.05) is 14.2 Å². The second kappa shape index (κ2) is 6.34. The van der Waals surface area contributed by atoms with Gasteiger partial charge in [-0.2, -0.15) is 11.3 Å². The summed E-state index contributed by atoms with van der Waals surface area (Å²) in [7, 11) is 3.64. The lowest BCUT2D eigenvalue weighted by Gasteiger charge is -2.17. The summed E-state index contributed by atoms with van der Waals surface area (Å²) in [6, 6.07) is 9.25. The minimum absolute atomic E-state index is 0.334. The molecule has 0 bridgehead atoms. The molecule has 4 nitrogen and oxygen atoms in total. The summed E-state index contributed by atoms with van der Waals surface area (Å²) in [4.78, 5) is 14.0. The average molecular weight is 315 g/mol. The number of methoxy groups -OCH3 is 1. The highest BCUT2D eigenvalue weighted by molar-refractivity contribution is 7.07. The molecule has 0 fully saturated rings. The SMILES string of the molecule is COc1ccc2c(CN(C)Cc3ccsc3)cc(=O)oc2c1. The molecule has 0 unspecified atom stereocenters. The molecule has 0 N–H and O–H groups in total. The number of fused-ring (bicyclic) bond motifs is 1. The van der Waals surface area contributed by atoms with Crippen LogP contribution in [0.5, 0.6) is 5.75 Å². The lowest BCUT2D eigenvalue weighted by molar-refractivity contribution is 0.320. The van der Waals surface area contributed by atoms with Crippen LogP contribution in [0.25, 0.3) is 11.0 Å². The lowest BCUT2D eigenvalue weighted by atomic mass is 10.1. The molecule has 0 saturated heterocycles. The van der Waals surface area contributed by atoms with Crippen LogP contribution in [0.1, 0.15) is 11.1 Å². The molecule has 0 saturated carbocycles. The van der Waals surface area contributed by atoms with Crippen molar-refractivity contribution in [2.45, 2.75) is 13.1 Å². The first-order valence-electron chi connectivity index (χ1n) is 6.96. The van der Waals surface area contributed by atoms with Gasteiger partial charge < -0.3 is 9.15 Å². The molecule has 0 aliphatic rings. The van der Waals surface area contributed by atoms with E-state index in [1.165, 1.54) is 5.56 Å². The van der Waals surface area contributed by atoms with Gasteiger partial charge >= 0.3 is 5.63 Å². The maximum absolute atomic E-state index is 11.8. The molecule has 2 heterocycles. The van der Waals surface area contributed by atoms with Crippen molar-refractivity contribution in [3.8, 4) is 5.75 Å². The van der Waals surface area contributed by atoms with Gasteiger partial charge in [0.15, 0.2) is 0 Å². The molecule has 0 spiro atoms. The van der Waals surface area contributed by atoms with Gasteiger partial charge in [0.1, 0.15) is 11.3 Å². The molecule has 0 aliphatic heterocycles. The highest BCUT2D eigenvalue weighted by Crippen LogP contribution is 2.23. The van der Waals surface area contributed by atoms with Crippen LogP contribution in [0.3, 0.4) is 0 Å². The zero-order valence-corrected chi connectivity index (χ0v) is 13.4. The third-order valence-corrected chi connectivity index (χ3v) is 4.24. The third-order valence-electron chi connectivity index (χ3n) is 3.51. The normalized spacial score (nSPS) is 11.2. The van der Waals surface area contributed by atoms with Crippen molar-refractivity contribution in [1.29, 1.82) is 0 Å². The molecule has 114 valence electrons. The summed E-state index contributed by atoms with van der Waals surface area (Å²) in [6.45, 7) is 1.53. The molecule has 0 amide bonds. The number of thiophene rings is 1. The van der Waals surface area contributed by atoms with Crippen LogP contribution < -0.4 is 10.4 Å². The minimum Gasteiger partial charge on any atom is -0.497 e. The molecule has 0 aliphatic carbocycles. The summed E-state index contributed by atoms with van der Waals surface area (Å²) in [5, 5.41) is 5.15. The van der Waals surface area contributed by atoms with Crippen molar-refractivity contribution >= 4 is 22.3 Å². The summed E-state index contributed by atoms with van der Waals surface area (Å²) < 4.78 is 10.5. The first-order valence-corrected chi connectivity index (χ1v) is 7.90. The van der Waals surface area contributed by atoms with Crippen molar-refractivity contribution < 1.29 is 9.15 Å². The number of ether oxygens (including phenoxy) is 1. The van der Waals surface area contributed by atoms with E-state index in [2.05, 4.69) is 21.7 Å². The molecular weight excluding hydrogens is 298 g/mol. The largest absolute Gasteiger partial charge is 0.497 e. The van der Waals surface area contributed by atoms with Crippen LogP contribution in [0.2, 0.25) is 0 Å². The van der Waals surface area contributed by atoms with Gasteiger partial charge in [-0.05, 0) is 47.1 Å². The van der Waals surface area contributed by atoms with Crippen molar-refractivity contribution in [2.24, 2.45) is 0 Å². The van der Waals surface area contributed by atoms with E-state index >= 15 is 0 Å². The molecule has 2 aromatic heterocycles. The number of nitrogens with zero attached hydrogens (tertiary/aromatic N) is 1. The van der Waals surface area contributed by atoms with Crippen LogP contribution in [0.15, 0.2) is 50.3 Å². The molecule has 3 aromatic rings. The maximum Gasteiger partial charge on any atom is 0.336 e. The molecule has 5 heteroatoms. The van der Waals surface area contributed by atoms with Crippen molar-refractivity contribution in [1.82, 2.24) is 4.90 Å². The molecule has 0 atom stereocenters. The van der Waals surface area contributed by atoms with Crippen LogP contribution >= 0.6 is 11.3 Å². The van der Waals surface area contributed by atoms with Gasteiger partial charge in [-0.1, -0.05) is 0 Å². The third kappa shape index (κ3) is 3.21. The van der Waals surface area contributed by atoms with E-state index in [0.29, 0.717) is 17.9 Å². The van der Waals surface area contributed by atoms with Crippen LogP contribution in [-0.2, 0) is 13.1 Å². The number of hydrogen-bond acceptors (Lipinski definition) is 5. The Morgan fingerprint density at radius 1 is 1.23 bits per heavy atom. The number of hydrogen-bond donors (Lipinski definition) is 0. The topological polar surface area (TPSA) is 42.7 Å². The second-order valence-electron chi connectivity index (χ2n) is 5.26. The maximum atomic E-state index is 11.8. The Labute approximate surface area is 132 Å². The van der Waals surface area contributed by atoms with E-state index in [1.807, 2.05) is 19.2 Å². The van der Waals surface area contributed by atoms with E-state index in [-0.39, 0.29) is 5.63 Å². The fourth-order valence-corrected chi connectivity index (χ4v) is 3.17. The summed E-state index contributed by atoms with van der Waals surface area (Å²) in [5.41, 5.74) is 2.47. The fraction of sp³-hybridized carbons (Fsp3) is 0.235. The molecule has 1 aromatic carbocycles. The van der Waals surface area contributed by atoms with Gasteiger partial charge in [-0.25, -0.2) is 4.79 Å². The first-order chi connectivity index (χ1) is 10.7. The zero-order chi connectivity index (χ0) is 15.5. The van der Waals surface area contributed by atoms with Crippen molar-refractivity contribution in [3.63, 3.8) is 0 Å². The van der Waals surface area contributed by atoms with E-state index in [0.717, 1.165) is 17.5 Å². The summed E-state index contributed by atoms with van der Waals surface area (Å²) in [5.74, 6) is 0.680. The van der Waals surface area contributed by atoms with Gasteiger partial charge in [-0.15, -0.1) is 0 Å². The average Bonchev–Trinajstić information content (AvgIpc) is 2.99. The number of benzene rings is 1. The van der Waals surface area contributed by atoms with Crippen molar-refractivity contribution in [3.05, 3.63) is 62.6 Å². The van der Waals surface area contributed by atoms with Gasteiger partial charge in [0.25, 0.3) is 0 Å². The predicted octanol–water partition coefficient (Wildman–Crippen LogP) is 3.50. The highest BCUT2D eigenvalue weighted by Gasteiger charge is 2.10. The standard InChI is InChI=1S/C17H17NO3S/c1-18(9-12-5-6-22-11-12)10-13-7-17(19)21-16-8-14(20-2)3-4-15(13)16/h3-8,11H,9-10H2,1-2H3. The number of rotatable bonds is 5. The first kappa shape index (κ1) is 14.8. The van der Waals surface area contributed by atoms with Gasteiger partial charge in [-0.3, -0.25) is 4.90 Å².